The van der Waals surface area contributed by atoms with Crippen LogP contribution in [-0.2, 0) is 11.2 Å². The third-order valence-electron chi connectivity index (χ3n) is 5.09. The second-order valence-electron chi connectivity index (χ2n) is 6.77. The maximum Gasteiger partial charge on any atom is 0.260 e. The number of anilines is 1. The third-order valence-corrected chi connectivity index (χ3v) is 5.09. The Morgan fingerprint density at radius 1 is 1.14 bits per heavy atom. The van der Waals surface area contributed by atoms with E-state index in [0.29, 0.717) is 43.5 Å². The Hall–Kier alpha value is -3.36. The number of aryl methyl sites for hydroxylation is 1. The molecule has 0 bridgehead atoms. The lowest BCUT2D eigenvalue weighted by atomic mass is 10.2. The van der Waals surface area contributed by atoms with Crippen LogP contribution in [0.15, 0.2) is 36.7 Å². The number of benzene rings is 1. The Morgan fingerprint density at radius 3 is 2.62 bits per heavy atom. The quantitative estimate of drug-likeness (QED) is 0.623. The number of carbonyl (C=O) groups excluding carboxylic acids is 1. The molecule has 0 N–H and O–H groups in total. The Labute approximate surface area is 168 Å². The molecule has 9 nitrogen and oxygen atoms in total. The zero-order valence-electron chi connectivity index (χ0n) is 16.6. The molecule has 9 heteroatoms. The summed E-state index contributed by atoms with van der Waals surface area (Å²) in [5.41, 5.74) is 1.11. The highest BCUT2D eigenvalue weighted by Gasteiger charge is 2.23. The van der Waals surface area contributed by atoms with Gasteiger partial charge in [0.25, 0.3) is 11.7 Å². The molecule has 1 saturated heterocycles. The van der Waals surface area contributed by atoms with Crippen molar-refractivity contribution in [2.45, 2.75) is 13.3 Å². The molecule has 0 aliphatic carbocycles. The van der Waals surface area contributed by atoms with Crippen molar-refractivity contribution in [2.75, 3.05) is 44.8 Å². The molecular formula is C20H24N6O3. The molecule has 0 radical (unpaired) electrons. The largest absolute Gasteiger partial charge is 0.493 e. The molecule has 1 amide bonds. The van der Waals surface area contributed by atoms with Gasteiger partial charge in [-0.05, 0) is 18.6 Å². The van der Waals surface area contributed by atoms with E-state index >= 15 is 0 Å². The Kier molecular flexibility index (Phi) is 5.46. The van der Waals surface area contributed by atoms with Gasteiger partial charge in [0, 0.05) is 37.9 Å². The topological polar surface area (TPSA) is 85.1 Å². The SMILES string of the molecule is CCc1cc(N2CCN(C(=O)COc3ccccc3OC)CC2)nc2nncn12. The summed E-state index contributed by atoms with van der Waals surface area (Å²) >= 11 is 0. The van der Waals surface area contributed by atoms with E-state index in [0.717, 1.165) is 17.9 Å². The van der Waals surface area contributed by atoms with Gasteiger partial charge in [-0.1, -0.05) is 19.1 Å². The minimum atomic E-state index is -0.0364. The molecule has 3 heterocycles. The highest BCUT2D eigenvalue weighted by atomic mass is 16.5. The van der Waals surface area contributed by atoms with Crippen molar-refractivity contribution in [3.05, 3.63) is 42.4 Å². The van der Waals surface area contributed by atoms with E-state index in [4.69, 9.17) is 9.47 Å². The molecule has 2 aromatic heterocycles. The van der Waals surface area contributed by atoms with E-state index in [9.17, 15) is 4.79 Å². The summed E-state index contributed by atoms with van der Waals surface area (Å²) in [6.07, 6.45) is 2.55. The number of amides is 1. The molecule has 1 aliphatic rings. The molecule has 4 rings (SSSR count). The highest BCUT2D eigenvalue weighted by Crippen LogP contribution is 2.25. The summed E-state index contributed by atoms with van der Waals surface area (Å²) in [4.78, 5) is 21.2. The lowest BCUT2D eigenvalue weighted by Gasteiger charge is -2.35. The standard InChI is InChI=1S/C20H24N6O3/c1-3-15-12-18(22-20-23-21-14-26(15)20)24-8-10-25(11-9-24)19(27)13-29-17-7-5-4-6-16(17)28-2/h4-7,12,14H,3,8-11,13H2,1-2H3. The second-order valence-corrected chi connectivity index (χ2v) is 6.77. The smallest absolute Gasteiger partial charge is 0.260 e. The monoisotopic (exact) mass is 396 g/mol. The minimum absolute atomic E-state index is 0.00961. The number of nitrogens with zero attached hydrogens (tertiary/aromatic N) is 6. The number of hydrogen-bond donors (Lipinski definition) is 0. The van der Waals surface area contributed by atoms with Crippen LogP contribution in [0.4, 0.5) is 5.82 Å². The van der Waals surface area contributed by atoms with E-state index < -0.39 is 0 Å². The van der Waals surface area contributed by atoms with Crippen LogP contribution < -0.4 is 14.4 Å². The van der Waals surface area contributed by atoms with Gasteiger partial charge in [-0.25, -0.2) is 0 Å². The van der Waals surface area contributed by atoms with Crippen molar-refractivity contribution < 1.29 is 14.3 Å². The molecule has 1 aromatic carbocycles. The first-order valence-electron chi connectivity index (χ1n) is 9.67. The van der Waals surface area contributed by atoms with Gasteiger partial charge in [0.05, 0.1) is 7.11 Å². The van der Waals surface area contributed by atoms with Gasteiger partial charge >= 0.3 is 0 Å². The predicted molar refractivity (Wildman–Crippen MR) is 107 cm³/mol. The van der Waals surface area contributed by atoms with Crippen LogP contribution in [0.5, 0.6) is 11.5 Å². The number of rotatable bonds is 6. The number of fused-ring (bicyclic) bond motifs is 1. The lowest BCUT2D eigenvalue weighted by Crippen LogP contribution is -2.50. The van der Waals surface area contributed by atoms with Crippen LogP contribution in [0.2, 0.25) is 0 Å². The predicted octanol–water partition coefficient (Wildman–Crippen LogP) is 1.42. The fourth-order valence-corrected chi connectivity index (χ4v) is 3.45. The van der Waals surface area contributed by atoms with Crippen molar-refractivity contribution in [1.82, 2.24) is 24.5 Å². The van der Waals surface area contributed by atoms with Crippen molar-refractivity contribution >= 4 is 17.5 Å². The maximum absolute atomic E-state index is 12.6. The Morgan fingerprint density at radius 2 is 1.90 bits per heavy atom. The number of piperazine rings is 1. The van der Waals surface area contributed by atoms with Crippen molar-refractivity contribution in [3.8, 4) is 11.5 Å². The molecule has 0 spiro atoms. The fourth-order valence-electron chi connectivity index (χ4n) is 3.45. The molecular weight excluding hydrogens is 372 g/mol. The normalized spacial score (nSPS) is 14.3. The van der Waals surface area contributed by atoms with Crippen LogP contribution in [-0.4, -0.2) is 70.3 Å². The van der Waals surface area contributed by atoms with Crippen LogP contribution in [0, 0.1) is 0 Å². The van der Waals surface area contributed by atoms with Crippen LogP contribution in [0.3, 0.4) is 0 Å². The van der Waals surface area contributed by atoms with Crippen LogP contribution >= 0.6 is 0 Å². The number of aromatic nitrogens is 4. The number of para-hydroxylation sites is 2. The first-order chi connectivity index (χ1) is 14.2. The highest BCUT2D eigenvalue weighted by molar-refractivity contribution is 5.78. The average molecular weight is 396 g/mol. The number of methoxy groups -OCH3 is 1. The van der Waals surface area contributed by atoms with Crippen LogP contribution in [0.25, 0.3) is 5.78 Å². The zero-order valence-corrected chi connectivity index (χ0v) is 16.6. The van der Waals surface area contributed by atoms with Crippen molar-refractivity contribution in [3.63, 3.8) is 0 Å². The summed E-state index contributed by atoms with van der Waals surface area (Å²) in [6.45, 7) is 4.74. The fraction of sp³-hybridized carbons (Fsp3) is 0.400. The molecule has 1 fully saturated rings. The molecule has 0 unspecified atom stereocenters. The molecule has 1 aliphatic heterocycles. The third kappa shape index (κ3) is 3.94. The van der Waals surface area contributed by atoms with E-state index in [1.807, 2.05) is 27.5 Å². The lowest BCUT2D eigenvalue weighted by molar-refractivity contribution is -0.133. The van der Waals surface area contributed by atoms with Crippen molar-refractivity contribution in [1.29, 1.82) is 0 Å². The van der Waals surface area contributed by atoms with Gasteiger partial charge < -0.3 is 19.3 Å². The zero-order chi connectivity index (χ0) is 20.2. The van der Waals surface area contributed by atoms with E-state index in [2.05, 4.69) is 33.1 Å². The number of ether oxygens (including phenoxy) is 2. The van der Waals surface area contributed by atoms with Gasteiger partial charge in [0.1, 0.15) is 12.1 Å². The first kappa shape index (κ1) is 19.0. The summed E-state index contributed by atoms with van der Waals surface area (Å²) in [5.74, 6) is 2.63. The van der Waals surface area contributed by atoms with Crippen LogP contribution in [0.1, 0.15) is 12.6 Å². The summed E-state index contributed by atoms with van der Waals surface area (Å²) in [6, 6.07) is 9.38. The molecule has 0 atom stereocenters. The summed E-state index contributed by atoms with van der Waals surface area (Å²) in [5, 5.41) is 8.02. The molecule has 0 saturated carbocycles. The summed E-state index contributed by atoms with van der Waals surface area (Å²) in [7, 11) is 1.58. The Balaban J connectivity index is 1.36. The van der Waals surface area contributed by atoms with E-state index in [-0.39, 0.29) is 12.5 Å². The van der Waals surface area contributed by atoms with Gasteiger partial charge in [-0.2, -0.15) is 4.98 Å². The number of carbonyl (C=O) groups is 1. The molecule has 152 valence electrons. The average Bonchev–Trinajstić information content (AvgIpc) is 3.26. The molecule has 29 heavy (non-hydrogen) atoms. The van der Waals surface area contributed by atoms with Gasteiger partial charge in [0.2, 0.25) is 0 Å². The van der Waals surface area contributed by atoms with Gasteiger partial charge in [-0.3, -0.25) is 9.20 Å². The minimum Gasteiger partial charge on any atom is -0.493 e. The maximum atomic E-state index is 12.6. The second kappa shape index (κ2) is 8.34. The summed E-state index contributed by atoms with van der Waals surface area (Å²) < 4.78 is 12.8. The molecule has 3 aromatic rings. The van der Waals surface area contributed by atoms with E-state index in [1.165, 1.54) is 0 Å². The number of hydrogen-bond acceptors (Lipinski definition) is 7. The van der Waals surface area contributed by atoms with Gasteiger partial charge in [0.15, 0.2) is 18.1 Å². The van der Waals surface area contributed by atoms with Crippen molar-refractivity contribution in [2.24, 2.45) is 0 Å². The van der Waals surface area contributed by atoms with Gasteiger partial charge in [-0.15, -0.1) is 10.2 Å². The first-order valence-corrected chi connectivity index (χ1v) is 9.67. The Bertz CT molecular complexity index is 997. The van der Waals surface area contributed by atoms with E-state index in [1.54, 1.807) is 19.5 Å².